The summed E-state index contributed by atoms with van der Waals surface area (Å²) in [6, 6.07) is 16.9. The summed E-state index contributed by atoms with van der Waals surface area (Å²) in [4.78, 5) is 4.54. The number of pyridine rings is 1. The molecule has 0 unspecified atom stereocenters. The van der Waals surface area contributed by atoms with Gasteiger partial charge in [0.25, 0.3) is 0 Å². The molecule has 0 aliphatic heterocycles. The minimum Gasteiger partial charge on any atom is -0.504 e. The molecule has 0 spiro atoms. The van der Waals surface area contributed by atoms with Crippen molar-refractivity contribution < 1.29 is 9.50 Å². The van der Waals surface area contributed by atoms with E-state index in [1.807, 2.05) is 31.2 Å². The first-order valence-corrected chi connectivity index (χ1v) is 8.06. The molecule has 2 aromatic heterocycles. The first-order chi connectivity index (χ1) is 12.6. The highest BCUT2D eigenvalue weighted by molar-refractivity contribution is 5.76. The van der Waals surface area contributed by atoms with E-state index in [0.717, 1.165) is 11.1 Å². The summed E-state index contributed by atoms with van der Waals surface area (Å²) in [7, 11) is 0. The average molecular weight is 346 g/mol. The minimum absolute atomic E-state index is 0.0593. The van der Waals surface area contributed by atoms with Gasteiger partial charge in [-0.3, -0.25) is 4.40 Å². The fraction of sp³-hybridized carbons (Fsp3) is 0.0500. The number of benzene rings is 2. The molecular weight excluding hydrogens is 331 g/mol. The van der Waals surface area contributed by atoms with Crippen LogP contribution in [0.15, 0.2) is 77.1 Å². The molecular formula is C20H15FN4O. The van der Waals surface area contributed by atoms with Gasteiger partial charge in [0.15, 0.2) is 17.2 Å². The molecule has 0 saturated carbocycles. The van der Waals surface area contributed by atoms with Crippen molar-refractivity contribution in [3.8, 4) is 17.0 Å². The number of halogens is 1. The molecule has 128 valence electrons. The molecule has 1 N–H and O–H groups in total. The molecule has 26 heavy (non-hydrogen) atoms. The van der Waals surface area contributed by atoms with Crippen LogP contribution in [0.1, 0.15) is 5.56 Å². The lowest BCUT2D eigenvalue weighted by molar-refractivity contribution is 0.477. The molecule has 0 atom stereocenters. The molecule has 2 heterocycles. The maximum Gasteiger partial charge on any atom is 0.187 e. The van der Waals surface area contributed by atoms with E-state index in [2.05, 4.69) is 15.2 Å². The van der Waals surface area contributed by atoms with Crippen LogP contribution in [0.5, 0.6) is 5.75 Å². The highest BCUT2D eigenvalue weighted by Crippen LogP contribution is 2.34. The van der Waals surface area contributed by atoms with Crippen molar-refractivity contribution in [2.45, 2.75) is 6.92 Å². The van der Waals surface area contributed by atoms with Crippen LogP contribution in [-0.2, 0) is 0 Å². The fourth-order valence-corrected chi connectivity index (χ4v) is 2.65. The van der Waals surface area contributed by atoms with Gasteiger partial charge < -0.3 is 5.11 Å². The average Bonchev–Trinajstić information content (AvgIpc) is 3.02. The molecule has 0 aliphatic carbocycles. The Morgan fingerprint density at radius 3 is 2.42 bits per heavy atom. The molecule has 4 rings (SSSR count). The number of hydrogen-bond acceptors (Lipinski definition) is 4. The first kappa shape index (κ1) is 16.0. The van der Waals surface area contributed by atoms with Crippen molar-refractivity contribution >= 4 is 17.2 Å². The molecule has 0 saturated heterocycles. The zero-order valence-electron chi connectivity index (χ0n) is 14.0. The highest BCUT2D eigenvalue weighted by atomic mass is 19.1. The summed E-state index contributed by atoms with van der Waals surface area (Å²) in [6.45, 7) is 2.01. The topological polar surface area (TPSA) is 62.2 Å². The Labute approximate surface area is 149 Å². The third-order valence-electron chi connectivity index (χ3n) is 4.02. The van der Waals surface area contributed by atoms with Gasteiger partial charge in [-0.2, -0.15) is 0 Å². The summed E-state index contributed by atoms with van der Waals surface area (Å²) in [5.41, 5.74) is 3.53. The summed E-state index contributed by atoms with van der Waals surface area (Å²) in [5.74, 6) is 0.220. The Balaban J connectivity index is 1.88. The lowest BCUT2D eigenvalue weighted by Gasteiger charge is -2.00. The third kappa shape index (κ3) is 2.93. The molecule has 0 bridgehead atoms. The van der Waals surface area contributed by atoms with Crippen LogP contribution >= 0.6 is 0 Å². The standard InChI is InChI=1S/C20H15FN4O/c1-13-4-6-14(7-5-13)18-20(24-23-16-10-8-15(21)9-11-16)25-12-2-3-17(26)19(25)22-18/h2-12,26H,1H3. The van der Waals surface area contributed by atoms with Crippen molar-refractivity contribution in [3.05, 3.63) is 78.2 Å². The summed E-state index contributed by atoms with van der Waals surface area (Å²) < 4.78 is 14.7. The summed E-state index contributed by atoms with van der Waals surface area (Å²) >= 11 is 0. The molecule has 0 radical (unpaired) electrons. The Bertz CT molecular complexity index is 1100. The van der Waals surface area contributed by atoms with Gasteiger partial charge >= 0.3 is 0 Å². The predicted molar refractivity (Wildman–Crippen MR) is 97.6 cm³/mol. The van der Waals surface area contributed by atoms with Gasteiger partial charge in [-0.1, -0.05) is 29.8 Å². The van der Waals surface area contributed by atoms with E-state index in [9.17, 15) is 9.50 Å². The van der Waals surface area contributed by atoms with Crippen molar-refractivity contribution in [2.24, 2.45) is 10.2 Å². The number of fused-ring (bicyclic) bond motifs is 1. The largest absolute Gasteiger partial charge is 0.504 e. The molecule has 0 amide bonds. The summed E-state index contributed by atoms with van der Waals surface area (Å²) in [5, 5.41) is 18.6. The third-order valence-corrected chi connectivity index (χ3v) is 4.02. The molecule has 2 aromatic carbocycles. The molecule has 0 fully saturated rings. The van der Waals surface area contributed by atoms with Crippen LogP contribution in [0, 0.1) is 12.7 Å². The smallest absolute Gasteiger partial charge is 0.187 e. The van der Waals surface area contributed by atoms with Crippen molar-refractivity contribution in [2.75, 3.05) is 0 Å². The van der Waals surface area contributed by atoms with Gasteiger partial charge in [-0.05, 0) is 43.3 Å². The van der Waals surface area contributed by atoms with Gasteiger partial charge in [0, 0.05) is 11.8 Å². The van der Waals surface area contributed by atoms with Crippen molar-refractivity contribution in [3.63, 3.8) is 0 Å². The van der Waals surface area contributed by atoms with Gasteiger partial charge in [0.2, 0.25) is 0 Å². The molecule has 5 nitrogen and oxygen atoms in total. The summed E-state index contributed by atoms with van der Waals surface area (Å²) in [6.07, 6.45) is 1.76. The second-order valence-electron chi connectivity index (χ2n) is 5.91. The van der Waals surface area contributed by atoms with Gasteiger partial charge in [-0.15, -0.1) is 10.2 Å². The van der Waals surface area contributed by atoms with E-state index < -0.39 is 0 Å². The maximum atomic E-state index is 13.1. The van der Waals surface area contributed by atoms with E-state index in [1.165, 1.54) is 12.1 Å². The van der Waals surface area contributed by atoms with Crippen molar-refractivity contribution in [1.82, 2.24) is 9.38 Å². The number of aromatic hydroxyl groups is 1. The lowest BCUT2D eigenvalue weighted by atomic mass is 10.1. The first-order valence-electron chi connectivity index (χ1n) is 8.06. The predicted octanol–water partition coefficient (Wildman–Crippen LogP) is 5.57. The van der Waals surface area contributed by atoms with Crippen LogP contribution in [0.2, 0.25) is 0 Å². The lowest BCUT2D eigenvalue weighted by Crippen LogP contribution is -1.83. The van der Waals surface area contributed by atoms with E-state index in [1.54, 1.807) is 34.9 Å². The van der Waals surface area contributed by atoms with Crippen molar-refractivity contribution in [1.29, 1.82) is 0 Å². The molecule has 4 aromatic rings. The zero-order valence-corrected chi connectivity index (χ0v) is 14.0. The van der Waals surface area contributed by atoms with Gasteiger partial charge in [0.05, 0.1) is 5.69 Å². The van der Waals surface area contributed by atoms with Crippen LogP contribution in [0.3, 0.4) is 0 Å². The minimum atomic E-state index is -0.330. The zero-order chi connectivity index (χ0) is 18.1. The number of nitrogens with zero attached hydrogens (tertiary/aromatic N) is 4. The Morgan fingerprint density at radius 2 is 1.69 bits per heavy atom. The van der Waals surface area contributed by atoms with Crippen LogP contribution in [0.25, 0.3) is 16.9 Å². The number of aromatic nitrogens is 2. The Hall–Kier alpha value is -3.54. The maximum absolute atomic E-state index is 13.1. The quantitative estimate of drug-likeness (QED) is 0.493. The highest BCUT2D eigenvalue weighted by Gasteiger charge is 2.16. The Kier molecular flexibility index (Phi) is 3.93. The number of aryl methyl sites for hydroxylation is 1. The van der Waals surface area contributed by atoms with Crippen LogP contribution < -0.4 is 0 Å². The Morgan fingerprint density at radius 1 is 0.962 bits per heavy atom. The second kappa shape index (κ2) is 6.40. The van der Waals surface area contributed by atoms with E-state index in [-0.39, 0.29) is 11.6 Å². The van der Waals surface area contributed by atoms with E-state index >= 15 is 0 Å². The second-order valence-corrected chi connectivity index (χ2v) is 5.91. The number of hydrogen-bond donors (Lipinski definition) is 1. The van der Waals surface area contributed by atoms with E-state index in [0.29, 0.717) is 22.8 Å². The number of imidazole rings is 1. The van der Waals surface area contributed by atoms with Crippen LogP contribution in [0.4, 0.5) is 15.9 Å². The SMILES string of the molecule is Cc1ccc(-c2nc3c(O)cccn3c2N=Nc2ccc(F)cc2)cc1. The molecule has 0 aliphatic rings. The fourth-order valence-electron chi connectivity index (χ4n) is 2.65. The van der Waals surface area contributed by atoms with Crippen LogP contribution in [-0.4, -0.2) is 14.5 Å². The van der Waals surface area contributed by atoms with Gasteiger partial charge in [0.1, 0.15) is 11.5 Å². The number of azo groups is 1. The monoisotopic (exact) mass is 346 g/mol. The normalized spacial score (nSPS) is 11.5. The van der Waals surface area contributed by atoms with E-state index in [4.69, 9.17) is 0 Å². The molecule has 6 heteroatoms. The van der Waals surface area contributed by atoms with Gasteiger partial charge in [-0.25, -0.2) is 9.37 Å². The number of rotatable bonds is 3.